The molecule has 0 bridgehead atoms. The van der Waals surface area contributed by atoms with Crippen molar-refractivity contribution in [3.63, 3.8) is 0 Å². The summed E-state index contributed by atoms with van der Waals surface area (Å²) in [5.41, 5.74) is 0.323. The first-order valence-electron chi connectivity index (χ1n) is 6.45. The molecule has 1 aromatic rings. The van der Waals surface area contributed by atoms with Crippen LogP contribution in [0, 0.1) is 5.92 Å². The summed E-state index contributed by atoms with van der Waals surface area (Å²) >= 11 is 0. The zero-order chi connectivity index (χ0) is 14.6. The van der Waals surface area contributed by atoms with E-state index < -0.39 is 10.0 Å². The van der Waals surface area contributed by atoms with E-state index in [1.54, 1.807) is 4.90 Å². The molecule has 1 atom stereocenters. The van der Waals surface area contributed by atoms with Gasteiger partial charge in [0.1, 0.15) is 5.69 Å². The maximum absolute atomic E-state index is 12.2. The van der Waals surface area contributed by atoms with Crippen LogP contribution in [0.4, 0.5) is 0 Å². The summed E-state index contributed by atoms with van der Waals surface area (Å²) in [6, 6.07) is 0. The van der Waals surface area contributed by atoms with Gasteiger partial charge in [0.15, 0.2) is 0 Å². The molecular formula is C12H18N4O3S. The summed E-state index contributed by atoms with van der Waals surface area (Å²) in [4.78, 5) is 21.8. The van der Waals surface area contributed by atoms with Crippen molar-refractivity contribution in [3.8, 4) is 0 Å². The Morgan fingerprint density at radius 3 is 2.95 bits per heavy atom. The van der Waals surface area contributed by atoms with Gasteiger partial charge >= 0.3 is 0 Å². The molecule has 1 N–H and O–H groups in total. The number of amides is 1. The van der Waals surface area contributed by atoms with E-state index >= 15 is 0 Å². The second-order valence-electron chi connectivity index (χ2n) is 4.97. The smallest absolute Gasteiger partial charge is 0.274 e. The third-order valence-corrected chi connectivity index (χ3v) is 3.91. The second kappa shape index (κ2) is 6.27. The predicted octanol–water partition coefficient (Wildman–Crippen LogP) is -0.122. The third-order valence-electron chi connectivity index (χ3n) is 3.22. The van der Waals surface area contributed by atoms with Crippen LogP contribution in [0.5, 0.6) is 0 Å². The largest absolute Gasteiger partial charge is 0.337 e. The highest BCUT2D eigenvalue weighted by Crippen LogP contribution is 2.17. The molecule has 20 heavy (non-hydrogen) atoms. The fourth-order valence-corrected chi connectivity index (χ4v) is 2.80. The SMILES string of the molecule is CS(=O)(=O)NC[C@H]1CCCN(C(=O)c2cnccn2)C1. The van der Waals surface area contributed by atoms with Gasteiger partial charge in [0.25, 0.3) is 5.91 Å². The van der Waals surface area contributed by atoms with Gasteiger partial charge in [-0.15, -0.1) is 0 Å². The Labute approximate surface area is 118 Å². The van der Waals surface area contributed by atoms with E-state index in [4.69, 9.17) is 0 Å². The first-order valence-corrected chi connectivity index (χ1v) is 8.35. The molecule has 0 aliphatic carbocycles. The lowest BCUT2D eigenvalue weighted by atomic mass is 9.98. The van der Waals surface area contributed by atoms with E-state index in [0.29, 0.717) is 25.3 Å². The van der Waals surface area contributed by atoms with E-state index in [2.05, 4.69) is 14.7 Å². The van der Waals surface area contributed by atoms with Gasteiger partial charge in [-0.05, 0) is 18.8 Å². The van der Waals surface area contributed by atoms with Crippen molar-refractivity contribution in [2.24, 2.45) is 5.92 Å². The minimum Gasteiger partial charge on any atom is -0.337 e. The van der Waals surface area contributed by atoms with Crippen molar-refractivity contribution >= 4 is 15.9 Å². The Morgan fingerprint density at radius 1 is 1.50 bits per heavy atom. The lowest BCUT2D eigenvalue weighted by Gasteiger charge is -2.32. The molecule has 1 amide bonds. The lowest BCUT2D eigenvalue weighted by molar-refractivity contribution is 0.0670. The Morgan fingerprint density at radius 2 is 2.30 bits per heavy atom. The minimum atomic E-state index is -3.19. The van der Waals surface area contributed by atoms with Gasteiger partial charge in [-0.3, -0.25) is 9.78 Å². The second-order valence-corrected chi connectivity index (χ2v) is 6.80. The summed E-state index contributed by atoms with van der Waals surface area (Å²) < 4.78 is 24.7. The van der Waals surface area contributed by atoms with E-state index in [0.717, 1.165) is 19.1 Å². The van der Waals surface area contributed by atoms with Crippen LogP contribution in [0.25, 0.3) is 0 Å². The van der Waals surface area contributed by atoms with E-state index in [9.17, 15) is 13.2 Å². The number of aromatic nitrogens is 2. The molecule has 0 aromatic carbocycles. The number of nitrogens with one attached hydrogen (secondary N) is 1. The van der Waals surface area contributed by atoms with Gasteiger partial charge in [-0.1, -0.05) is 0 Å². The number of piperidine rings is 1. The monoisotopic (exact) mass is 298 g/mol. The number of carbonyl (C=O) groups excluding carboxylic acids is 1. The highest BCUT2D eigenvalue weighted by molar-refractivity contribution is 7.88. The molecule has 0 spiro atoms. The molecule has 2 heterocycles. The highest BCUT2D eigenvalue weighted by Gasteiger charge is 2.25. The molecule has 0 unspecified atom stereocenters. The molecule has 1 aliphatic heterocycles. The predicted molar refractivity (Wildman–Crippen MR) is 73.5 cm³/mol. The minimum absolute atomic E-state index is 0.138. The Bertz CT molecular complexity index is 561. The van der Waals surface area contributed by atoms with E-state index in [-0.39, 0.29) is 11.8 Å². The number of rotatable bonds is 4. The molecular weight excluding hydrogens is 280 g/mol. The van der Waals surface area contributed by atoms with Gasteiger partial charge in [-0.25, -0.2) is 18.1 Å². The van der Waals surface area contributed by atoms with Gasteiger partial charge in [0.2, 0.25) is 10.0 Å². The van der Waals surface area contributed by atoms with Gasteiger partial charge in [0, 0.05) is 32.0 Å². The van der Waals surface area contributed by atoms with Crippen LogP contribution in [-0.4, -0.2) is 55.1 Å². The van der Waals surface area contributed by atoms with Crippen LogP contribution in [-0.2, 0) is 10.0 Å². The summed E-state index contributed by atoms with van der Waals surface area (Å²) in [5.74, 6) is -0.0127. The van der Waals surface area contributed by atoms with E-state index in [1.165, 1.54) is 18.6 Å². The maximum Gasteiger partial charge on any atom is 0.274 e. The maximum atomic E-state index is 12.2. The summed E-state index contributed by atoms with van der Waals surface area (Å²) in [7, 11) is -3.19. The molecule has 7 nitrogen and oxygen atoms in total. The number of sulfonamides is 1. The molecule has 1 fully saturated rings. The van der Waals surface area contributed by atoms with Crippen LogP contribution < -0.4 is 4.72 Å². The van der Waals surface area contributed by atoms with Gasteiger partial charge in [-0.2, -0.15) is 0 Å². The number of hydrogen-bond acceptors (Lipinski definition) is 5. The number of hydrogen-bond donors (Lipinski definition) is 1. The summed E-state index contributed by atoms with van der Waals surface area (Å²) in [5, 5.41) is 0. The Balaban J connectivity index is 1.95. The molecule has 1 saturated heterocycles. The fourth-order valence-electron chi connectivity index (χ4n) is 2.26. The average Bonchev–Trinajstić information content (AvgIpc) is 2.45. The van der Waals surface area contributed by atoms with Crippen molar-refractivity contribution in [1.82, 2.24) is 19.6 Å². The van der Waals surface area contributed by atoms with Crippen molar-refractivity contribution in [3.05, 3.63) is 24.3 Å². The molecule has 110 valence electrons. The number of likely N-dealkylation sites (tertiary alicyclic amines) is 1. The molecule has 2 rings (SSSR count). The van der Waals surface area contributed by atoms with Crippen molar-refractivity contribution in [2.75, 3.05) is 25.9 Å². The van der Waals surface area contributed by atoms with Gasteiger partial charge < -0.3 is 4.90 Å². The van der Waals surface area contributed by atoms with Crippen LogP contribution in [0.15, 0.2) is 18.6 Å². The zero-order valence-corrected chi connectivity index (χ0v) is 12.1. The van der Waals surface area contributed by atoms with Crippen LogP contribution in [0.1, 0.15) is 23.3 Å². The Kier molecular flexibility index (Phi) is 4.66. The van der Waals surface area contributed by atoms with Gasteiger partial charge in [0.05, 0.1) is 12.5 Å². The molecule has 1 aliphatic rings. The molecule has 0 saturated carbocycles. The first-order chi connectivity index (χ1) is 9.46. The quantitative estimate of drug-likeness (QED) is 0.836. The van der Waals surface area contributed by atoms with Crippen molar-refractivity contribution in [2.45, 2.75) is 12.8 Å². The standard InChI is InChI=1S/C12H18N4O3S/c1-20(18,19)15-7-10-3-2-6-16(9-10)12(17)11-8-13-4-5-14-11/h4-5,8,10,15H,2-3,6-7,9H2,1H3/t10-/m1/s1. The zero-order valence-electron chi connectivity index (χ0n) is 11.3. The Hall–Kier alpha value is -1.54. The lowest BCUT2D eigenvalue weighted by Crippen LogP contribution is -2.43. The summed E-state index contributed by atoms with van der Waals surface area (Å²) in [6.07, 6.45) is 7.36. The van der Waals surface area contributed by atoms with E-state index in [1.807, 2.05) is 0 Å². The van der Waals surface area contributed by atoms with Crippen LogP contribution in [0.3, 0.4) is 0 Å². The van der Waals surface area contributed by atoms with Crippen LogP contribution >= 0.6 is 0 Å². The molecule has 1 aromatic heterocycles. The molecule has 0 radical (unpaired) electrons. The number of carbonyl (C=O) groups is 1. The normalized spacial score (nSPS) is 19.9. The first kappa shape index (κ1) is 14.9. The third kappa shape index (κ3) is 4.24. The topological polar surface area (TPSA) is 92.3 Å². The summed E-state index contributed by atoms with van der Waals surface area (Å²) in [6.45, 7) is 1.58. The molecule has 8 heteroatoms. The highest BCUT2D eigenvalue weighted by atomic mass is 32.2. The van der Waals surface area contributed by atoms with Crippen molar-refractivity contribution in [1.29, 1.82) is 0 Å². The average molecular weight is 298 g/mol. The van der Waals surface area contributed by atoms with Crippen molar-refractivity contribution < 1.29 is 13.2 Å². The number of nitrogens with zero attached hydrogens (tertiary/aromatic N) is 3. The fraction of sp³-hybridized carbons (Fsp3) is 0.583. The van der Waals surface area contributed by atoms with Crippen LogP contribution in [0.2, 0.25) is 0 Å².